The van der Waals surface area contributed by atoms with Gasteiger partial charge in [0.15, 0.2) is 0 Å². The van der Waals surface area contributed by atoms with Crippen LogP contribution in [0.2, 0.25) is 0 Å². The normalized spacial score (nSPS) is 26.4. The molecule has 1 aliphatic heterocycles. The first kappa shape index (κ1) is 14.3. The van der Waals surface area contributed by atoms with Crippen molar-refractivity contribution in [3.05, 3.63) is 29.8 Å². The van der Waals surface area contributed by atoms with Crippen LogP contribution in [0.25, 0.3) is 0 Å². The zero-order chi connectivity index (χ0) is 11.8. The summed E-state index contributed by atoms with van der Waals surface area (Å²) in [6, 6.07) is 7.98. The lowest BCUT2D eigenvalue weighted by Crippen LogP contribution is -2.44. The Morgan fingerprint density at radius 2 is 2.00 bits per heavy atom. The quantitative estimate of drug-likeness (QED) is 0.884. The number of hydrogen-bond donors (Lipinski definition) is 1. The van der Waals surface area contributed by atoms with Gasteiger partial charge in [-0.2, -0.15) is 0 Å². The monoisotopic (exact) mass is 257 g/mol. The van der Waals surface area contributed by atoms with E-state index in [1.807, 2.05) is 18.2 Å². The Labute approximate surface area is 109 Å². The van der Waals surface area contributed by atoms with Gasteiger partial charge in [0.1, 0.15) is 11.5 Å². The maximum atomic E-state index is 5.87. The summed E-state index contributed by atoms with van der Waals surface area (Å²) >= 11 is 0. The van der Waals surface area contributed by atoms with E-state index in [9.17, 15) is 0 Å². The molecular weight excluding hydrogens is 238 g/mol. The molecule has 0 spiro atoms. The van der Waals surface area contributed by atoms with Crippen LogP contribution in [0.1, 0.15) is 26.3 Å². The van der Waals surface area contributed by atoms with Crippen molar-refractivity contribution >= 4 is 12.4 Å². The van der Waals surface area contributed by atoms with Crippen LogP contribution in [0.5, 0.6) is 5.75 Å². The molecule has 2 rings (SSSR count). The highest BCUT2D eigenvalue weighted by Crippen LogP contribution is 2.33. The average Bonchev–Trinajstić information content (AvgIpc) is 2.55. The molecule has 1 N–H and O–H groups in total. The van der Waals surface area contributed by atoms with Crippen LogP contribution in [-0.4, -0.2) is 19.3 Å². The van der Waals surface area contributed by atoms with Crippen molar-refractivity contribution in [2.24, 2.45) is 0 Å². The molecule has 1 aliphatic rings. The lowest BCUT2D eigenvalue weighted by Gasteiger charge is -2.27. The first-order chi connectivity index (χ1) is 7.45. The fourth-order valence-electron chi connectivity index (χ4n) is 2.12. The van der Waals surface area contributed by atoms with Gasteiger partial charge in [0.2, 0.25) is 0 Å². The molecule has 1 fully saturated rings. The summed E-state index contributed by atoms with van der Waals surface area (Å²) < 4.78 is 11.1. The molecule has 1 unspecified atom stereocenters. The summed E-state index contributed by atoms with van der Waals surface area (Å²) in [4.78, 5) is 0. The van der Waals surface area contributed by atoms with Gasteiger partial charge >= 0.3 is 0 Å². The highest BCUT2D eigenvalue weighted by atomic mass is 35.5. The number of rotatable bonds is 2. The zero-order valence-electron chi connectivity index (χ0n) is 10.7. The molecule has 0 aromatic heterocycles. The molecule has 1 aromatic rings. The first-order valence-corrected chi connectivity index (χ1v) is 5.53. The van der Waals surface area contributed by atoms with Crippen LogP contribution in [0.4, 0.5) is 0 Å². The smallest absolute Gasteiger partial charge is 0.143 e. The predicted octanol–water partition coefficient (Wildman–Crippen LogP) is 2.69. The van der Waals surface area contributed by atoms with E-state index < -0.39 is 5.72 Å². The third-order valence-corrected chi connectivity index (χ3v) is 2.92. The van der Waals surface area contributed by atoms with E-state index in [-0.39, 0.29) is 17.9 Å². The first-order valence-electron chi connectivity index (χ1n) is 5.53. The van der Waals surface area contributed by atoms with Gasteiger partial charge < -0.3 is 9.47 Å². The van der Waals surface area contributed by atoms with Gasteiger partial charge in [0.05, 0.1) is 13.7 Å². The summed E-state index contributed by atoms with van der Waals surface area (Å²) in [6.07, 6.45) is 0. The standard InChI is InChI=1S/C13H19NO2.ClH/c1-12(2)9-16-13(3,14-12)10-6-5-7-11(8-10)15-4;/h5-8,14H,9H2,1-4H3;1H. The molecule has 3 nitrogen and oxygen atoms in total. The molecule has 17 heavy (non-hydrogen) atoms. The number of hydrogen-bond acceptors (Lipinski definition) is 3. The van der Waals surface area contributed by atoms with Gasteiger partial charge in [-0.25, -0.2) is 0 Å². The molecule has 1 atom stereocenters. The van der Waals surface area contributed by atoms with Crippen LogP contribution < -0.4 is 10.1 Å². The Bertz CT molecular complexity index is 395. The van der Waals surface area contributed by atoms with E-state index in [4.69, 9.17) is 9.47 Å². The van der Waals surface area contributed by atoms with Crippen molar-refractivity contribution in [2.75, 3.05) is 13.7 Å². The molecule has 4 heteroatoms. The van der Waals surface area contributed by atoms with Crippen LogP contribution in [0.3, 0.4) is 0 Å². The van der Waals surface area contributed by atoms with Crippen molar-refractivity contribution in [1.82, 2.24) is 5.32 Å². The van der Waals surface area contributed by atoms with E-state index in [0.717, 1.165) is 11.3 Å². The number of halogens is 1. The zero-order valence-corrected chi connectivity index (χ0v) is 11.6. The van der Waals surface area contributed by atoms with Gasteiger partial charge in [-0.1, -0.05) is 12.1 Å². The van der Waals surface area contributed by atoms with Crippen molar-refractivity contribution in [3.8, 4) is 5.75 Å². The molecule has 0 radical (unpaired) electrons. The Balaban J connectivity index is 0.00000144. The summed E-state index contributed by atoms with van der Waals surface area (Å²) in [5, 5.41) is 3.50. The van der Waals surface area contributed by atoms with Crippen LogP contribution >= 0.6 is 12.4 Å². The highest BCUT2D eigenvalue weighted by molar-refractivity contribution is 5.85. The summed E-state index contributed by atoms with van der Waals surface area (Å²) in [5.41, 5.74) is 0.688. The van der Waals surface area contributed by atoms with E-state index in [0.29, 0.717) is 6.61 Å². The van der Waals surface area contributed by atoms with Gasteiger partial charge in [0, 0.05) is 11.1 Å². The van der Waals surface area contributed by atoms with E-state index >= 15 is 0 Å². The van der Waals surface area contributed by atoms with Crippen LogP contribution in [0.15, 0.2) is 24.3 Å². The molecule has 0 bridgehead atoms. The van der Waals surface area contributed by atoms with Crippen molar-refractivity contribution in [1.29, 1.82) is 0 Å². The summed E-state index contributed by atoms with van der Waals surface area (Å²) in [6.45, 7) is 7.04. The molecule has 0 amide bonds. The van der Waals surface area contributed by atoms with Crippen molar-refractivity contribution < 1.29 is 9.47 Å². The molecule has 0 aliphatic carbocycles. The van der Waals surface area contributed by atoms with Gasteiger partial charge in [-0.15, -0.1) is 12.4 Å². The summed E-state index contributed by atoms with van der Waals surface area (Å²) in [5.74, 6) is 0.855. The minimum atomic E-state index is -0.419. The third-order valence-electron chi connectivity index (χ3n) is 2.92. The lowest BCUT2D eigenvalue weighted by atomic mass is 10.0. The van der Waals surface area contributed by atoms with E-state index in [2.05, 4.69) is 32.2 Å². The third kappa shape index (κ3) is 2.92. The maximum Gasteiger partial charge on any atom is 0.143 e. The molecule has 0 saturated carbocycles. The average molecular weight is 258 g/mol. The minimum Gasteiger partial charge on any atom is -0.497 e. The summed E-state index contributed by atoms with van der Waals surface area (Å²) in [7, 11) is 1.67. The predicted molar refractivity (Wildman–Crippen MR) is 70.8 cm³/mol. The van der Waals surface area contributed by atoms with Crippen LogP contribution in [-0.2, 0) is 10.5 Å². The Morgan fingerprint density at radius 1 is 1.29 bits per heavy atom. The molecule has 1 heterocycles. The number of benzene rings is 1. The lowest BCUT2D eigenvalue weighted by molar-refractivity contribution is 0.00204. The van der Waals surface area contributed by atoms with Gasteiger partial charge in [-0.3, -0.25) is 5.32 Å². The number of methoxy groups -OCH3 is 1. The van der Waals surface area contributed by atoms with Crippen LogP contribution in [0, 0.1) is 0 Å². The van der Waals surface area contributed by atoms with E-state index in [1.54, 1.807) is 7.11 Å². The second kappa shape index (κ2) is 4.84. The van der Waals surface area contributed by atoms with Crippen molar-refractivity contribution in [3.63, 3.8) is 0 Å². The molecular formula is C13H20ClNO2. The fraction of sp³-hybridized carbons (Fsp3) is 0.538. The largest absolute Gasteiger partial charge is 0.497 e. The Morgan fingerprint density at radius 3 is 2.53 bits per heavy atom. The highest BCUT2D eigenvalue weighted by Gasteiger charge is 2.41. The molecule has 96 valence electrons. The second-order valence-corrected chi connectivity index (χ2v) is 5.06. The topological polar surface area (TPSA) is 30.5 Å². The molecule has 1 saturated heterocycles. The van der Waals surface area contributed by atoms with Gasteiger partial charge in [0.25, 0.3) is 0 Å². The Kier molecular flexibility index (Phi) is 4.07. The number of nitrogens with one attached hydrogen (secondary N) is 1. The van der Waals surface area contributed by atoms with Gasteiger partial charge in [-0.05, 0) is 32.9 Å². The van der Waals surface area contributed by atoms with E-state index in [1.165, 1.54) is 0 Å². The number of ether oxygens (including phenoxy) is 2. The minimum absolute atomic E-state index is 0. The second-order valence-electron chi connectivity index (χ2n) is 5.06. The molecule has 1 aromatic carbocycles. The SMILES string of the molecule is COc1cccc(C2(C)NC(C)(C)CO2)c1.Cl. The van der Waals surface area contributed by atoms with Crippen molar-refractivity contribution in [2.45, 2.75) is 32.0 Å². The maximum absolute atomic E-state index is 5.87. The fourth-order valence-corrected chi connectivity index (χ4v) is 2.12. The Hall–Kier alpha value is -0.770.